The standard InChI is InChI=1S/C9H13N.Li.H/c1-2-10-8-9-6-4-3-5-7-9;;/h3-7,10H,2,8H2,1H3;;/q;+1;-1. The zero-order valence-electron chi connectivity index (χ0n) is 8.30. The third-order valence-electron chi connectivity index (χ3n) is 1.42. The summed E-state index contributed by atoms with van der Waals surface area (Å²) in [6.07, 6.45) is 0. The van der Waals surface area contributed by atoms with Crippen molar-refractivity contribution in [2.75, 3.05) is 6.54 Å². The van der Waals surface area contributed by atoms with Crippen LogP contribution < -0.4 is 24.2 Å². The van der Waals surface area contributed by atoms with Crippen LogP contribution in [-0.2, 0) is 6.54 Å². The van der Waals surface area contributed by atoms with Crippen molar-refractivity contribution in [3.05, 3.63) is 35.9 Å². The van der Waals surface area contributed by atoms with Crippen molar-refractivity contribution in [2.45, 2.75) is 13.5 Å². The summed E-state index contributed by atoms with van der Waals surface area (Å²) in [5.41, 5.74) is 1.35. The Kier molecular flexibility index (Phi) is 6.35. The van der Waals surface area contributed by atoms with Crippen molar-refractivity contribution in [1.29, 1.82) is 0 Å². The first-order valence-electron chi connectivity index (χ1n) is 3.68. The Morgan fingerprint density at radius 1 is 1.27 bits per heavy atom. The molecule has 11 heavy (non-hydrogen) atoms. The molecule has 0 saturated heterocycles. The van der Waals surface area contributed by atoms with E-state index in [1.54, 1.807) is 0 Å². The van der Waals surface area contributed by atoms with E-state index in [4.69, 9.17) is 0 Å². The fourth-order valence-corrected chi connectivity index (χ4v) is 0.865. The molecule has 0 aliphatic carbocycles. The minimum Gasteiger partial charge on any atom is -1.00 e. The number of hydrogen-bond donors (Lipinski definition) is 1. The van der Waals surface area contributed by atoms with E-state index >= 15 is 0 Å². The Morgan fingerprint density at radius 3 is 2.45 bits per heavy atom. The van der Waals surface area contributed by atoms with Gasteiger partial charge in [-0.25, -0.2) is 0 Å². The summed E-state index contributed by atoms with van der Waals surface area (Å²) in [5.74, 6) is 0. The van der Waals surface area contributed by atoms with Gasteiger partial charge in [-0.3, -0.25) is 0 Å². The van der Waals surface area contributed by atoms with Crippen LogP contribution in [-0.4, -0.2) is 6.54 Å². The molecular weight excluding hydrogens is 129 g/mol. The molecule has 0 unspecified atom stereocenters. The molecule has 1 N–H and O–H groups in total. The van der Waals surface area contributed by atoms with E-state index in [1.807, 2.05) is 6.07 Å². The molecule has 0 spiro atoms. The van der Waals surface area contributed by atoms with Gasteiger partial charge >= 0.3 is 18.9 Å². The van der Waals surface area contributed by atoms with Gasteiger partial charge in [0.05, 0.1) is 0 Å². The monoisotopic (exact) mass is 143 g/mol. The molecule has 0 heterocycles. The number of hydrogen-bond acceptors (Lipinski definition) is 1. The fraction of sp³-hybridized carbons (Fsp3) is 0.333. The maximum Gasteiger partial charge on any atom is 1.00 e. The van der Waals surface area contributed by atoms with Crippen molar-refractivity contribution in [3.8, 4) is 0 Å². The van der Waals surface area contributed by atoms with Crippen LogP contribution in [0.25, 0.3) is 0 Å². The SMILES string of the molecule is CCNCc1ccccc1.[H-].[Li+]. The first-order chi connectivity index (χ1) is 4.93. The molecular formula is C9H14LiN. The molecule has 2 heteroatoms. The Labute approximate surface area is 81.9 Å². The largest absolute Gasteiger partial charge is 1.00 e. The fourth-order valence-electron chi connectivity index (χ4n) is 0.865. The second kappa shape index (κ2) is 6.49. The summed E-state index contributed by atoms with van der Waals surface area (Å²) in [4.78, 5) is 0. The van der Waals surface area contributed by atoms with Crippen LogP contribution in [0.5, 0.6) is 0 Å². The summed E-state index contributed by atoms with van der Waals surface area (Å²) in [6, 6.07) is 10.4. The van der Waals surface area contributed by atoms with E-state index < -0.39 is 0 Å². The molecule has 0 aliphatic heterocycles. The van der Waals surface area contributed by atoms with Crippen LogP contribution in [0.3, 0.4) is 0 Å². The quantitative estimate of drug-likeness (QED) is 0.530. The van der Waals surface area contributed by atoms with Gasteiger partial charge in [0, 0.05) is 6.54 Å². The van der Waals surface area contributed by atoms with Gasteiger partial charge in [-0.1, -0.05) is 37.3 Å². The predicted octanol–water partition coefficient (Wildman–Crippen LogP) is -1.09. The predicted molar refractivity (Wildman–Crippen MR) is 44.9 cm³/mol. The molecule has 1 nitrogen and oxygen atoms in total. The van der Waals surface area contributed by atoms with Crippen LogP contribution >= 0.6 is 0 Å². The summed E-state index contributed by atoms with van der Waals surface area (Å²) in [7, 11) is 0. The van der Waals surface area contributed by atoms with Crippen molar-refractivity contribution in [3.63, 3.8) is 0 Å². The summed E-state index contributed by atoms with van der Waals surface area (Å²) >= 11 is 0. The smallest absolute Gasteiger partial charge is 1.00 e. The zero-order chi connectivity index (χ0) is 7.23. The van der Waals surface area contributed by atoms with Crippen molar-refractivity contribution >= 4 is 0 Å². The molecule has 0 amide bonds. The number of nitrogens with one attached hydrogen (secondary N) is 1. The number of rotatable bonds is 3. The Balaban J connectivity index is 0. The topological polar surface area (TPSA) is 12.0 Å². The van der Waals surface area contributed by atoms with Crippen LogP contribution in [0.2, 0.25) is 0 Å². The van der Waals surface area contributed by atoms with Crippen molar-refractivity contribution in [1.82, 2.24) is 5.32 Å². The summed E-state index contributed by atoms with van der Waals surface area (Å²) < 4.78 is 0. The van der Waals surface area contributed by atoms with Crippen molar-refractivity contribution in [2.24, 2.45) is 0 Å². The van der Waals surface area contributed by atoms with Crippen LogP contribution in [0.4, 0.5) is 0 Å². The minimum atomic E-state index is 0. The van der Waals surface area contributed by atoms with E-state index in [0.717, 1.165) is 13.1 Å². The zero-order valence-corrected chi connectivity index (χ0v) is 7.30. The molecule has 0 radical (unpaired) electrons. The molecule has 0 bridgehead atoms. The average Bonchev–Trinajstić information content (AvgIpc) is 2.03. The third-order valence-corrected chi connectivity index (χ3v) is 1.42. The molecule has 1 rings (SSSR count). The van der Waals surface area contributed by atoms with E-state index in [1.165, 1.54) is 5.56 Å². The number of benzene rings is 1. The second-order valence-corrected chi connectivity index (χ2v) is 2.27. The van der Waals surface area contributed by atoms with Crippen molar-refractivity contribution < 1.29 is 20.3 Å². The molecule has 0 atom stereocenters. The van der Waals surface area contributed by atoms with Gasteiger partial charge in [-0.05, 0) is 12.1 Å². The molecule has 56 valence electrons. The van der Waals surface area contributed by atoms with Gasteiger partial charge < -0.3 is 6.74 Å². The Morgan fingerprint density at radius 2 is 1.91 bits per heavy atom. The van der Waals surface area contributed by atoms with Gasteiger partial charge in [0.15, 0.2) is 0 Å². The minimum absolute atomic E-state index is 0. The van der Waals surface area contributed by atoms with E-state index in [9.17, 15) is 0 Å². The van der Waals surface area contributed by atoms with Gasteiger partial charge in [-0.2, -0.15) is 0 Å². The molecule has 0 aliphatic rings. The van der Waals surface area contributed by atoms with E-state index in [-0.39, 0.29) is 20.3 Å². The Bertz CT molecular complexity index is 179. The first kappa shape index (κ1) is 10.8. The maximum absolute atomic E-state index is 3.26. The molecule has 0 fully saturated rings. The van der Waals surface area contributed by atoms with Gasteiger partial charge in [0.25, 0.3) is 0 Å². The first-order valence-corrected chi connectivity index (χ1v) is 3.68. The molecule has 0 aromatic heterocycles. The molecule has 0 saturated carbocycles. The average molecular weight is 143 g/mol. The van der Waals surface area contributed by atoms with Crippen LogP contribution in [0, 0.1) is 0 Å². The Hall–Kier alpha value is -0.223. The van der Waals surface area contributed by atoms with E-state index in [2.05, 4.69) is 36.5 Å². The molecule has 1 aromatic carbocycles. The van der Waals surface area contributed by atoms with Gasteiger partial charge in [0.1, 0.15) is 0 Å². The normalized spacial score (nSPS) is 8.82. The van der Waals surface area contributed by atoms with Gasteiger partial charge in [0.2, 0.25) is 0 Å². The van der Waals surface area contributed by atoms with Crippen LogP contribution in [0.15, 0.2) is 30.3 Å². The van der Waals surface area contributed by atoms with Gasteiger partial charge in [-0.15, -0.1) is 0 Å². The van der Waals surface area contributed by atoms with Crippen LogP contribution in [0.1, 0.15) is 13.9 Å². The second-order valence-electron chi connectivity index (χ2n) is 2.27. The third kappa shape index (κ3) is 4.26. The summed E-state index contributed by atoms with van der Waals surface area (Å²) in [6.45, 7) is 4.13. The summed E-state index contributed by atoms with van der Waals surface area (Å²) in [5, 5.41) is 3.26. The van der Waals surface area contributed by atoms with E-state index in [0.29, 0.717) is 0 Å². The maximum atomic E-state index is 3.26. The molecule has 1 aromatic rings.